The van der Waals surface area contributed by atoms with Gasteiger partial charge >= 0.3 is 6.18 Å². The predicted octanol–water partition coefficient (Wildman–Crippen LogP) is 6.13. The molecule has 1 fully saturated rings. The van der Waals surface area contributed by atoms with E-state index in [1.807, 2.05) is 24.3 Å². The van der Waals surface area contributed by atoms with Gasteiger partial charge in [0.15, 0.2) is 0 Å². The van der Waals surface area contributed by atoms with Gasteiger partial charge in [0.05, 0.1) is 12.2 Å². The minimum absolute atomic E-state index is 0.0650. The van der Waals surface area contributed by atoms with Crippen molar-refractivity contribution in [2.24, 2.45) is 0 Å². The highest BCUT2D eigenvalue weighted by Crippen LogP contribution is 2.36. The Morgan fingerprint density at radius 1 is 1.00 bits per heavy atom. The van der Waals surface area contributed by atoms with Gasteiger partial charge in [0, 0.05) is 17.6 Å². The lowest BCUT2D eigenvalue weighted by atomic mass is 9.88. The smallest absolute Gasteiger partial charge is 0.416 e. The molecule has 3 aromatic carbocycles. The molecule has 156 valence electrons. The van der Waals surface area contributed by atoms with Gasteiger partial charge in [0.25, 0.3) is 0 Å². The molecule has 30 heavy (non-hydrogen) atoms. The van der Waals surface area contributed by atoms with Gasteiger partial charge in [-0.3, -0.25) is 0 Å². The Balaban J connectivity index is 1.63. The SMILES string of the molecule is OCCNC(=C1CCC1)c1ccc2c(Oc3ccc(C(F)(F)F)cc3)cccc2c1. The van der Waals surface area contributed by atoms with Crippen molar-refractivity contribution in [3.63, 3.8) is 0 Å². The number of alkyl halides is 3. The highest BCUT2D eigenvalue weighted by Gasteiger charge is 2.30. The van der Waals surface area contributed by atoms with E-state index in [0.29, 0.717) is 18.0 Å². The summed E-state index contributed by atoms with van der Waals surface area (Å²) in [5, 5.41) is 14.4. The number of rotatable bonds is 6. The predicted molar refractivity (Wildman–Crippen MR) is 111 cm³/mol. The molecule has 0 radical (unpaired) electrons. The van der Waals surface area contributed by atoms with Crippen LogP contribution in [0.3, 0.4) is 0 Å². The van der Waals surface area contributed by atoms with Crippen LogP contribution in [0.4, 0.5) is 13.2 Å². The van der Waals surface area contributed by atoms with E-state index in [0.717, 1.165) is 47.0 Å². The third-order valence-corrected chi connectivity index (χ3v) is 5.26. The zero-order valence-corrected chi connectivity index (χ0v) is 16.3. The Labute approximate surface area is 172 Å². The summed E-state index contributed by atoms with van der Waals surface area (Å²) >= 11 is 0. The summed E-state index contributed by atoms with van der Waals surface area (Å²) in [4.78, 5) is 0. The lowest BCUT2D eigenvalue weighted by molar-refractivity contribution is -0.137. The second-order valence-electron chi connectivity index (χ2n) is 7.30. The Bertz CT molecular complexity index is 1070. The van der Waals surface area contributed by atoms with Crippen LogP contribution < -0.4 is 10.1 Å². The topological polar surface area (TPSA) is 41.5 Å². The van der Waals surface area contributed by atoms with Crippen LogP contribution in [0, 0.1) is 0 Å². The molecule has 2 N–H and O–H groups in total. The normalized spacial score (nSPS) is 13.8. The highest BCUT2D eigenvalue weighted by molar-refractivity contribution is 5.91. The molecule has 0 atom stereocenters. The van der Waals surface area contributed by atoms with Crippen molar-refractivity contribution in [3.05, 3.63) is 77.4 Å². The van der Waals surface area contributed by atoms with Crippen LogP contribution in [-0.2, 0) is 6.18 Å². The third-order valence-electron chi connectivity index (χ3n) is 5.26. The molecular formula is C24H22F3NO2. The van der Waals surface area contributed by atoms with E-state index in [1.165, 1.54) is 24.1 Å². The molecule has 0 aliphatic heterocycles. The van der Waals surface area contributed by atoms with Crippen molar-refractivity contribution in [2.75, 3.05) is 13.2 Å². The van der Waals surface area contributed by atoms with Crippen molar-refractivity contribution < 1.29 is 23.0 Å². The number of hydrogen-bond donors (Lipinski definition) is 2. The molecule has 0 heterocycles. The van der Waals surface area contributed by atoms with Gasteiger partial charge < -0.3 is 15.2 Å². The van der Waals surface area contributed by atoms with E-state index < -0.39 is 11.7 Å². The summed E-state index contributed by atoms with van der Waals surface area (Å²) in [6.07, 6.45) is -1.07. The van der Waals surface area contributed by atoms with Crippen LogP contribution in [0.15, 0.2) is 66.2 Å². The summed E-state index contributed by atoms with van der Waals surface area (Å²) in [5.74, 6) is 0.932. The summed E-state index contributed by atoms with van der Waals surface area (Å²) in [5.41, 5.74) is 2.79. The van der Waals surface area contributed by atoms with E-state index in [-0.39, 0.29) is 6.61 Å². The number of nitrogens with one attached hydrogen (secondary N) is 1. The zero-order chi connectivity index (χ0) is 21.1. The van der Waals surface area contributed by atoms with E-state index in [1.54, 1.807) is 6.07 Å². The number of allylic oxidation sites excluding steroid dienone is 1. The van der Waals surface area contributed by atoms with Crippen LogP contribution >= 0.6 is 0 Å². The van der Waals surface area contributed by atoms with Gasteiger partial charge in [0.1, 0.15) is 11.5 Å². The molecule has 6 heteroatoms. The number of aliphatic hydroxyl groups is 1. The number of benzene rings is 3. The fraction of sp³-hybridized carbons (Fsp3) is 0.250. The van der Waals surface area contributed by atoms with Crippen molar-refractivity contribution in [1.82, 2.24) is 5.32 Å². The Hall–Kier alpha value is -2.99. The minimum Gasteiger partial charge on any atom is -0.457 e. The molecule has 3 aromatic rings. The quantitative estimate of drug-likeness (QED) is 0.511. The Kier molecular flexibility index (Phi) is 5.68. The first-order chi connectivity index (χ1) is 14.5. The molecule has 0 amide bonds. The molecule has 0 unspecified atom stereocenters. The lowest BCUT2D eigenvalue weighted by Gasteiger charge is -2.23. The van der Waals surface area contributed by atoms with Crippen LogP contribution in [-0.4, -0.2) is 18.3 Å². The van der Waals surface area contributed by atoms with Crippen molar-refractivity contribution in [1.29, 1.82) is 0 Å². The molecular weight excluding hydrogens is 391 g/mol. The van der Waals surface area contributed by atoms with Crippen LogP contribution in [0.2, 0.25) is 0 Å². The second-order valence-corrected chi connectivity index (χ2v) is 7.30. The molecule has 1 aliphatic rings. The molecule has 0 bridgehead atoms. The number of hydrogen-bond acceptors (Lipinski definition) is 3. The second kappa shape index (κ2) is 8.40. The Morgan fingerprint density at radius 2 is 1.77 bits per heavy atom. The van der Waals surface area contributed by atoms with Crippen molar-refractivity contribution in [3.8, 4) is 11.5 Å². The lowest BCUT2D eigenvalue weighted by Crippen LogP contribution is -2.20. The number of aliphatic hydroxyl groups excluding tert-OH is 1. The molecule has 3 nitrogen and oxygen atoms in total. The average Bonchev–Trinajstić information content (AvgIpc) is 2.69. The van der Waals surface area contributed by atoms with Gasteiger partial charge in [-0.2, -0.15) is 13.2 Å². The Morgan fingerprint density at radius 3 is 2.40 bits per heavy atom. The van der Waals surface area contributed by atoms with Crippen molar-refractivity contribution in [2.45, 2.75) is 25.4 Å². The first-order valence-electron chi connectivity index (χ1n) is 9.91. The maximum absolute atomic E-state index is 12.8. The monoisotopic (exact) mass is 413 g/mol. The average molecular weight is 413 g/mol. The number of halogens is 3. The van der Waals surface area contributed by atoms with Crippen LogP contribution in [0.1, 0.15) is 30.4 Å². The third kappa shape index (κ3) is 4.28. The van der Waals surface area contributed by atoms with E-state index >= 15 is 0 Å². The van der Waals surface area contributed by atoms with Gasteiger partial charge in [-0.05, 0) is 78.2 Å². The number of fused-ring (bicyclic) bond motifs is 1. The molecule has 0 saturated heterocycles. The van der Waals surface area contributed by atoms with Gasteiger partial charge in [-0.1, -0.05) is 18.2 Å². The molecule has 0 spiro atoms. The van der Waals surface area contributed by atoms with Gasteiger partial charge in [-0.25, -0.2) is 0 Å². The first kappa shape index (κ1) is 20.3. The molecule has 4 rings (SSSR count). The van der Waals surface area contributed by atoms with E-state index in [2.05, 4.69) is 11.4 Å². The summed E-state index contributed by atoms with van der Waals surface area (Å²) in [6.45, 7) is 0.559. The largest absolute Gasteiger partial charge is 0.457 e. The van der Waals surface area contributed by atoms with Gasteiger partial charge in [-0.15, -0.1) is 0 Å². The summed E-state index contributed by atoms with van der Waals surface area (Å²) in [6, 6.07) is 16.4. The molecule has 1 aliphatic carbocycles. The fourth-order valence-corrected chi connectivity index (χ4v) is 3.55. The molecule has 1 saturated carbocycles. The summed E-state index contributed by atoms with van der Waals surface area (Å²) in [7, 11) is 0. The maximum Gasteiger partial charge on any atom is 0.416 e. The highest BCUT2D eigenvalue weighted by atomic mass is 19.4. The van der Waals surface area contributed by atoms with E-state index in [9.17, 15) is 18.3 Å². The number of ether oxygens (including phenoxy) is 1. The first-order valence-corrected chi connectivity index (χ1v) is 9.91. The molecule has 0 aromatic heterocycles. The fourth-order valence-electron chi connectivity index (χ4n) is 3.55. The van der Waals surface area contributed by atoms with E-state index in [4.69, 9.17) is 4.74 Å². The summed E-state index contributed by atoms with van der Waals surface area (Å²) < 4.78 is 44.2. The zero-order valence-electron chi connectivity index (χ0n) is 16.3. The van der Waals surface area contributed by atoms with Crippen LogP contribution in [0.25, 0.3) is 16.5 Å². The van der Waals surface area contributed by atoms with Crippen molar-refractivity contribution >= 4 is 16.5 Å². The standard InChI is InChI=1S/C24H22F3NO2/c25-24(26,27)19-8-10-20(11-9-19)30-22-6-2-5-17-15-18(7-12-21(17)22)23(28-13-14-29)16-3-1-4-16/h2,5-12,15,28-29H,1,3-4,13-14H2. The van der Waals surface area contributed by atoms with Gasteiger partial charge in [0.2, 0.25) is 0 Å². The van der Waals surface area contributed by atoms with Crippen LogP contribution in [0.5, 0.6) is 11.5 Å². The maximum atomic E-state index is 12.8. The minimum atomic E-state index is -4.37.